The van der Waals surface area contributed by atoms with Crippen molar-refractivity contribution < 1.29 is 4.74 Å². The number of nitrogens with one attached hydrogen (secondary N) is 1. The Morgan fingerprint density at radius 1 is 1.50 bits per heavy atom. The summed E-state index contributed by atoms with van der Waals surface area (Å²) >= 11 is 2.26. The molecule has 1 aromatic heterocycles. The van der Waals surface area contributed by atoms with Crippen LogP contribution in [0.4, 0.5) is 0 Å². The first kappa shape index (κ1) is 12.2. The molecule has 0 aliphatic heterocycles. The topological polar surface area (TPSA) is 37.9 Å². The van der Waals surface area contributed by atoms with Gasteiger partial charge in [0.05, 0.1) is 22.1 Å². The molecule has 0 amide bonds. The first-order valence-electron chi connectivity index (χ1n) is 4.74. The van der Waals surface area contributed by atoms with Crippen molar-refractivity contribution >= 4 is 30.7 Å². The van der Waals surface area contributed by atoms with Crippen LogP contribution in [0.15, 0.2) is 6.20 Å². The van der Waals surface area contributed by atoms with Crippen molar-refractivity contribution in [2.24, 2.45) is 0 Å². The molecule has 0 spiro atoms. The second-order valence-electron chi connectivity index (χ2n) is 4.56. The number of hydrogen-bond donors (Lipinski definition) is 1. The molecule has 1 aromatic rings. The van der Waals surface area contributed by atoms with E-state index in [1.165, 1.54) is 6.04 Å². The van der Waals surface area contributed by atoms with E-state index in [1.807, 2.05) is 6.20 Å². The zero-order valence-electron chi connectivity index (χ0n) is 8.93. The summed E-state index contributed by atoms with van der Waals surface area (Å²) in [5.74, 6) is 0. The number of aromatic nitrogens is 2. The van der Waals surface area contributed by atoms with Gasteiger partial charge in [0.25, 0.3) is 0 Å². The van der Waals surface area contributed by atoms with E-state index in [9.17, 15) is 0 Å². The largest absolute Gasteiger partial charge is 0.375 e. The van der Waals surface area contributed by atoms with E-state index in [-0.39, 0.29) is 0 Å². The molecular formula is C9H17IN2OSi. The molecule has 0 aromatic carbocycles. The molecule has 5 heteroatoms. The predicted molar refractivity (Wildman–Crippen MR) is 69.1 cm³/mol. The monoisotopic (exact) mass is 324 g/mol. The Morgan fingerprint density at radius 3 is 2.71 bits per heavy atom. The van der Waals surface area contributed by atoms with Gasteiger partial charge in [0.15, 0.2) is 0 Å². The van der Waals surface area contributed by atoms with Crippen molar-refractivity contribution in [2.75, 3.05) is 6.61 Å². The molecule has 80 valence electrons. The minimum Gasteiger partial charge on any atom is -0.375 e. The van der Waals surface area contributed by atoms with Gasteiger partial charge in [-0.25, -0.2) is 0 Å². The lowest BCUT2D eigenvalue weighted by Crippen LogP contribution is -2.21. The molecule has 0 atom stereocenters. The predicted octanol–water partition coefficient (Wildman–Crippen LogP) is 2.87. The van der Waals surface area contributed by atoms with Crippen LogP contribution in [0, 0.1) is 3.57 Å². The number of H-pyrrole nitrogens is 1. The van der Waals surface area contributed by atoms with Crippen LogP contribution in [0.3, 0.4) is 0 Å². The minimum atomic E-state index is -0.946. The van der Waals surface area contributed by atoms with Gasteiger partial charge in [-0.15, -0.1) is 0 Å². The van der Waals surface area contributed by atoms with Gasteiger partial charge in [-0.1, -0.05) is 19.6 Å². The van der Waals surface area contributed by atoms with Gasteiger partial charge in [0.2, 0.25) is 0 Å². The van der Waals surface area contributed by atoms with Crippen molar-refractivity contribution in [3.63, 3.8) is 0 Å². The fraction of sp³-hybridized carbons (Fsp3) is 0.667. The van der Waals surface area contributed by atoms with E-state index in [0.29, 0.717) is 6.61 Å². The maximum Gasteiger partial charge on any atom is 0.0892 e. The smallest absolute Gasteiger partial charge is 0.0892 e. The van der Waals surface area contributed by atoms with Gasteiger partial charge >= 0.3 is 0 Å². The quantitative estimate of drug-likeness (QED) is 0.514. The van der Waals surface area contributed by atoms with E-state index in [1.54, 1.807) is 0 Å². The summed E-state index contributed by atoms with van der Waals surface area (Å²) in [6, 6.07) is 1.22. The molecular weight excluding hydrogens is 307 g/mol. The molecule has 0 aliphatic rings. The van der Waals surface area contributed by atoms with E-state index in [4.69, 9.17) is 4.74 Å². The maximum atomic E-state index is 5.59. The summed E-state index contributed by atoms with van der Waals surface area (Å²) in [7, 11) is -0.946. The SMILES string of the molecule is C[Si](C)(C)CCOCc1[nH]ncc1I. The zero-order chi connectivity index (χ0) is 10.6. The van der Waals surface area contributed by atoms with Crippen molar-refractivity contribution in [3.8, 4) is 0 Å². The van der Waals surface area contributed by atoms with Crippen LogP contribution in [0.5, 0.6) is 0 Å². The van der Waals surface area contributed by atoms with Crippen LogP contribution >= 0.6 is 22.6 Å². The molecule has 0 fully saturated rings. The zero-order valence-corrected chi connectivity index (χ0v) is 12.1. The Hall–Kier alpha value is 0.117. The third-order valence-corrected chi connectivity index (χ3v) is 4.54. The Balaban J connectivity index is 2.20. The average Bonchev–Trinajstić information content (AvgIpc) is 2.44. The lowest BCUT2D eigenvalue weighted by atomic mass is 10.5. The number of aromatic amines is 1. The van der Waals surface area contributed by atoms with Crippen molar-refractivity contribution in [1.82, 2.24) is 10.2 Å². The fourth-order valence-corrected chi connectivity index (χ4v) is 2.12. The van der Waals surface area contributed by atoms with E-state index < -0.39 is 8.07 Å². The highest BCUT2D eigenvalue weighted by atomic mass is 127. The van der Waals surface area contributed by atoms with Crippen LogP contribution < -0.4 is 0 Å². The van der Waals surface area contributed by atoms with Crippen LogP contribution in [-0.2, 0) is 11.3 Å². The highest BCUT2D eigenvalue weighted by Crippen LogP contribution is 2.11. The van der Waals surface area contributed by atoms with Gasteiger partial charge in [-0.3, -0.25) is 5.10 Å². The number of rotatable bonds is 5. The van der Waals surface area contributed by atoms with Gasteiger partial charge in [0, 0.05) is 14.7 Å². The third kappa shape index (κ3) is 4.56. The van der Waals surface area contributed by atoms with Gasteiger partial charge in [-0.05, 0) is 28.6 Å². The molecule has 0 aliphatic carbocycles. The second kappa shape index (κ2) is 5.27. The first-order valence-corrected chi connectivity index (χ1v) is 9.53. The summed E-state index contributed by atoms with van der Waals surface area (Å²) in [5.41, 5.74) is 1.08. The van der Waals surface area contributed by atoms with E-state index >= 15 is 0 Å². The average molecular weight is 324 g/mol. The van der Waals surface area contributed by atoms with Crippen LogP contribution in [-0.4, -0.2) is 24.9 Å². The molecule has 0 unspecified atom stereocenters. The van der Waals surface area contributed by atoms with Gasteiger partial charge < -0.3 is 4.74 Å². The van der Waals surface area contributed by atoms with Crippen LogP contribution in [0.1, 0.15) is 5.69 Å². The Bertz CT molecular complexity index is 283. The van der Waals surface area contributed by atoms with E-state index in [0.717, 1.165) is 15.9 Å². The molecule has 1 heterocycles. The fourth-order valence-electron chi connectivity index (χ4n) is 0.952. The number of nitrogens with zero attached hydrogens (tertiary/aromatic N) is 1. The molecule has 0 bridgehead atoms. The Labute approximate surface area is 99.8 Å². The summed E-state index contributed by atoms with van der Waals surface area (Å²) in [6.45, 7) is 8.59. The van der Waals surface area contributed by atoms with Crippen molar-refractivity contribution in [1.29, 1.82) is 0 Å². The lowest BCUT2D eigenvalue weighted by molar-refractivity contribution is 0.130. The highest BCUT2D eigenvalue weighted by molar-refractivity contribution is 14.1. The maximum absolute atomic E-state index is 5.59. The number of ether oxygens (including phenoxy) is 1. The van der Waals surface area contributed by atoms with Crippen LogP contribution in [0.2, 0.25) is 25.7 Å². The molecule has 0 saturated heterocycles. The molecule has 14 heavy (non-hydrogen) atoms. The molecule has 1 rings (SSSR count). The summed E-state index contributed by atoms with van der Waals surface area (Å²) in [6.07, 6.45) is 1.82. The standard InChI is InChI=1S/C9H17IN2OSi/c1-14(2,3)5-4-13-7-9-8(10)6-11-12-9/h6H,4-5,7H2,1-3H3,(H,11,12). The Morgan fingerprint density at radius 2 is 2.21 bits per heavy atom. The normalized spacial score (nSPS) is 12.0. The van der Waals surface area contributed by atoms with Gasteiger partial charge in [0.1, 0.15) is 0 Å². The van der Waals surface area contributed by atoms with E-state index in [2.05, 4.69) is 52.4 Å². The van der Waals surface area contributed by atoms with Crippen molar-refractivity contribution in [2.45, 2.75) is 32.3 Å². The number of hydrogen-bond acceptors (Lipinski definition) is 2. The molecule has 0 radical (unpaired) electrons. The summed E-state index contributed by atoms with van der Waals surface area (Å²) in [4.78, 5) is 0. The van der Waals surface area contributed by atoms with Gasteiger partial charge in [-0.2, -0.15) is 5.10 Å². The lowest BCUT2D eigenvalue weighted by Gasteiger charge is -2.15. The molecule has 1 N–H and O–H groups in total. The van der Waals surface area contributed by atoms with Crippen molar-refractivity contribution in [3.05, 3.63) is 15.5 Å². The Kier molecular flexibility index (Phi) is 4.59. The summed E-state index contributed by atoms with van der Waals surface area (Å²) in [5, 5.41) is 6.88. The van der Waals surface area contributed by atoms with Crippen LogP contribution in [0.25, 0.3) is 0 Å². The number of halogens is 1. The molecule has 3 nitrogen and oxygen atoms in total. The third-order valence-electron chi connectivity index (χ3n) is 1.91. The highest BCUT2D eigenvalue weighted by Gasteiger charge is 2.12. The minimum absolute atomic E-state index is 0.656. The summed E-state index contributed by atoms with van der Waals surface area (Å²) < 4.78 is 6.74. The first-order chi connectivity index (χ1) is 6.49. The second-order valence-corrected chi connectivity index (χ2v) is 11.3. The molecule has 0 saturated carbocycles.